The predicted octanol–water partition coefficient (Wildman–Crippen LogP) is 3.75. The lowest BCUT2D eigenvalue weighted by atomic mass is 9.91. The minimum absolute atomic E-state index is 0.0110. The van der Waals surface area contributed by atoms with Gasteiger partial charge in [0.2, 0.25) is 0 Å². The number of nitrogens with one attached hydrogen (secondary N) is 1. The van der Waals surface area contributed by atoms with Gasteiger partial charge in [-0.05, 0) is 49.7 Å². The lowest BCUT2D eigenvalue weighted by molar-refractivity contribution is -0.144. The molecule has 2 fully saturated rings. The molecule has 1 aliphatic heterocycles. The molecule has 2 aliphatic rings. The van der Waals surface area contributed by atoms with Gasteiger partial charge >= 0.3 is 5.97 Å². The lowest BCUT2D eigenvalue weighted by Gasteiger charge is -2.22. The molecule has 1 aliphatic carbocycles. The summed E-state index contributed by atoms with van der Waals surface area (Å²) in [5.74, 6) is 0.646. The smallest absolute Gasteiger partial charge is 0.320 e. The Morgan fingerprint density at radius 2 is 1.89 bits per heavy atom. The number of hydrogen-bond donors (Lipinski definition) is 1. The molecule has 1 saturated heterocycles. The van der Waals surface area contributed by atoms with Crippen molar-refractivity contribution in [3.8, 4) is 0 Å². The minimum atomic E-state index is -0.276. The van der Waals surface area contributed by atoms with E-state index in [0.29, 0.717) is 18.1 Å². The highest BCUT2D eigenvalue weighted by molar-refractivity contribution is 5.82. The van der Waals surface area contributed by atoms with Crippen molar-refractivity contribution >= 4 is 11.8 Å². The number of carbonyl (C=O) groups is 2. The SMILES string of the molecule is CC(NCC(=O)OCc1ccc(C2CCOCC2)cc1)C1CCCCCC1=O. The first kappa shape index (κ1) is 21.0. The van der Waals surface area contributed by atoms with Crippen molar-refractivity contribution in [1.29, 1.82) is 0 Å². The maximum absolute atomic E-state index is 12.2. The van der Waals surface area contributed by atoms with E-state index in [-0.39, 0.29) is 31.1 Å². The summed E-state index contributed by atoms with van der Waals surface area (Å²) in [5.41, 5.74) is 2.33. The van der Waals surface area contributed by atoms with Crippen LogP contribution >= 0.6 is 0 Å². The first-order valence-electron chi connectivity index (χ1n) is 10.7. The molecule has 5 heteroatoms. The molecule has 3 rings (SSSR count). The number of rotatable bonds is 7. The Morgan fingerprint density at radius 1 is 1.14 bits per heavy atom. The average Bonchev–Trinajstić information content (AvgIpc) is 2.96. The van der Waals surface area contributed by atoms with Crippen LogP contribution in [0.2, 0.25) is 0 Å². The molecule has 0 aromatic heterocycles. The Morgan fingerprint density at radius 3 is 2.64 bits per heavy atom. The van der Waals surface area contributed by atoms with E-state index in [1.54, 1.807) is 0 Å². The molecule has 2 atom stereocenters. The fraction of sp³-hybridized carbons (Fsp3) is 0.652. The summed E-state index contributed by atoms with van der Waals surface area (Å²) in [7, 11) is 0. The van der Waals surface area contributed by atoms with E-state index in [9.17, 15) is 9.59 Å². The van der Waals surface area contributed by atoms with Crippen LogP contribution in [0.15, 0.2) is 24.3 Å². The molecule has 0 radical (unpaired) electrons. The Hall–Kier alpha value is -1.72. The summed E-state index contributed by atoms with van der Waals surface area (Å²) in [6.07, 6.45) is 6.95. The van der Waals surface area contributed by atoms with E-state index in [1.165, 1.54) is 5.56 Å². The van der Waals surface area contributed by atoms with Gasteiger partial charge in [-0.25, -0.2) is 0 Å². The standard InChI is InChI=1S/C23H33NO4/c1-17(21-5-3-2-4-6-22(21)25)24-15-23(26)28-16-18-7-9-19(10-8-18)20-11-13-27-14-12-20/h7-10,17,20-21,24H,2-6,11-16H2,1H3. The molecule has 2 unspecified atom stereocenters. The third-order valence-electron chi connectivity index (χ3n) is 6.10. The van der Waals surface area contributed by atoms with E-state index < -0.39 is 0 Å². The van der Waals surface area contributed by atoms with Gasteiger partial charge in [0, 0.05) is 31.6 Å². The molecule has 1 N–H and O–H groups in total. The zero-order valence-electron chi connectivity index (χ0n) is 17.0. The van der Waals surface area contributed by atoms with Gasteiger partial charge in [-0.15, -0.1) is 0 Å². The zero-order valence-corrected chi connectivity index (χ0v) is 17.0. The number of carbonyl (C=O) groups excluding carboxylic acids is 2. The van der Waals surface area contributed by atoms with Crippen LogP contribution in [0.25, 0.3) is 0 Å². The van der Waals surface area contributed by atoms with Crippen LogP contribution in [0, 0.1) is 5.92 Å². The summed E-state index contributed by atoms with van der Waals surface area (Å²) in [6.45, 7) is 4.09. The molecule has 1 aromatic rings. The maximum atomic E-state index is 12.2. The maximum Gasteiger partial charge on any atom is 0.320 e. The predicted molar refractivity (Wildman–Crippen MR) is 108 cm³/mol. The van der Waals surface area contributed by atoms with Crippen molar-refractivity contribution in [3.63, 3.8) is 0 Å². The Balaban J connectivity index is 1.39. The third-order valence-corrected chi connectivity index (χ3v) is 6.10. The van der Waals surface area contributed by atoms with Crippen molar-refractivity contribution in [2.75, 3.05) is 19.8 Å². The van der Waals surface area contributed by atoms with Crippen molar-refractivity contribution in [2.24, 2.45) is 5.92 Å². The molecule has 0 spiro atoms. The van der Waals surface area contributed by atoms with Crippen LogP contribution in [-0.4, -0.2) is 37.6 Å². The second-order valence-electron chi connectivity index (χ2n) is 8.13. The van der Waals surface area contributed by atoms with Crippen molar-refractivity contribution < 1.29 is 19.1 Å². The Kier molecular flexibility index (Phi) is 8.04. The Labute approximate surface area is 168 Å². The monoisotopic (exact) mass is 387 g/mol. The van der Waals surface area contributed by atoms with E-state index in [0.717, 1.165) is 57.3 Å². The number of ether oxygens (including phenoxy) is 2. The Bertz CT molecular complexity index is 637. The highest BCUT2D eigenvalue weighted by Gasteiger charge is 2.26. The van der Waals surface area contributed by atoms with Crippen LogP contribution < -0.4 is 5.32 Å². The van der Waals surface area contributed by atoms with E-state index in [2.05, 4.69) is 17.4 Å². The van der Waals surface area contributed by atoms with Gasteiger partial charge in [-0.1, -0.05) is 37.1 Å². The number of esters is 1. The van der Waals surface area contributed by atoms with Crippen LogP contribution in [0.4, 0.5) is 0 Å². The normalized spacial score (nSPS) is 22.5. The number of benzene rings is 1. The molecule has 154 valence electrons. The van der Waals surface area contributed by atoms with E-state index in [1.807, 2.05) is 19.1 Å². The largest absolute Gasteiger partial charge is 0.460 e. The van der Waals surface area contributed by atoms with Gasteiger partial charge < -0.3 is 14.8 Å². The number of Topliss-reactive ketones (excluding diaryl/α,β-unsaturated/α-hetero) is 1. The number of ketones is 1. The molecule has 5 nitrogen and oxygen atoms in total. The van der Waals surface area contributed by atoms with E-state index >= 15 is 0 Å². The number of hydrogen-bond acceptors (Lipinski definition) is 5. The van der Waals surface area contributed by atoms with Crippen LogP contribution in [0.3, 0.4) is 0 Å². The molecule has 1 heterocycles. The van der Waals surface area contributed by atoms with Gasteiger partial charge in [0.25, 0.3) is 0 Å². The summed E-state index contributed by atoms with van der Waals surface area (Å²) < 4.78 is 10.8. The fourth-order valence-electron chi connectivity index (χ4n) is 4.23. The quantitative estimate of drug-likeness (QED) is 0.570. The molecular weight excluding hydrogens is 354 g/mol. The van der Waals surface area contributed by atoms with Crippen LogP contribution in [0.5, 0.6) is 0 Å². The van der Waals surface area contributed by atoms with Crippen molar-refractivity contribution in [1.82, 2.24) is 5.32 Å². The fourth-order valence-corrected chi connectivity index (χ4v) is 4.23. The van der Waals surface area contributed by atoms with Gasteiger partial charge in [0.15, 0.2) is 0 Å². The molecule has 0 bridgehead atoms. The van der Waals surface area contributed by atoms with Crippen LogP contribution in [-0.2, 0) is 25.7 Å². The second kappa shape index (κ2) is 10.7. The highest BCUT2D eigenvalue weighted by Crippen LogP contribution is 2.27. The topological polar surface area (TPSA) is 64.6 Å². The average molecular weight is 388 g/mol. The van der Waals surface area contributed by atoms with Gasteiger partial charge in [0.1, 0.15) is 12.4 Å². The van der Waals surface area contributed by atoms with Crippen molar-refractivity contribution in [3.05, 3.63) is 35.4 Å². The second-order valence-corrected chi connectivity index (χ2v) is 8.13. The third kappa shape index (κ3) is 6.14. The first-order chi connectivity index (χ1) is 13.6. The molecular formula is C23H33NO4. The molecule has 1 saturated carbocycles. The van der Waals surface area contributed by atoms with Gasteiger partial charge in [-0.3, -0.25) is 9.59 Å². The minimum Gasteiger partial charge on any atom is -0.460 e. The summed E-state index contributed by atoms with van der Waals surface area (Å²) >= 11 is 0. The van der Waals surface area contributed by atoms with Crippen molar-refractivity contribution in [2.45, 2.75) is 70.4 Å². The van der Waals surface area contributed by atoms with E-state index in [4.69, 9.17) is 9.47 Å². The molecule has 1 aromatic carbocycles. The first-order valence-corrected chi connectivity index (χ1v) is 10.7. The van der Waals surface area contributed by atoms with Crippen LogP contribution in [0.1, 0.15) is 68.9 Å². The van der Waals surface area contributed by atoms with Gasteiger partial charge in [0.05, 0.1) is 6.54 Å². The molecule has 28 heavy (non-hydrogen) atoms. The summed E-state index contributed by atoms with van der Waals surface area (Å²) in [5, 5.41) is 3.19. The summed E-state index contributed by atoms with van der Waals surface area (Å²) in [4.78, 5) is 24.3. The highest BCUT2D eigenvalue weighted by atomic mass is 16.5. The summed E-state index contributed by atoms with van der Waals surface area (Å²) in [6, 6.07) is 8.36. The zero-order chi connectivity index (χ0) is 19.8. The molecule has 0 amide bonds. The lowest BCUT2D eigenvalue weighted by Crippen LogP contribution is -2.40. The van der Waals surface area contributed by atoms with Gasteiger partial charge in [-0.2, -0.15) is 0 Å².